The molecule has 0 amide bonds. The number of aryl methyl sites for hydroxylation is 1. The fourth-order valence-corrected chi connectivity index (χ4v) is 2.24. The highest BCUT2D eigenvalue weighted by Gasteiger charge is 2.23. The standard InChI is InChI=1S/C12H20N6O/c13-9-12(17-5-1-3-14-4-7-17)11-10-18(16-15-11)6-2-8-19/h10,12,14,19H,1-8H2. The van der Waals surface area contributed by atoms with Crippen LogP contribution < -0.4 is 5.32 Å². The Kier molecular flexibility index (Phi) is 5.27. The first-order valence-electron chi connectivity index (χ1n) is 6.70. The van der Waals surface area contributed by atoms with Gasteiger partial charge < -0.3 is 10.4 Å². The van der Waals surface area contributed by atoms with Gasteiger partial charge >= 0.3 is 0 Å². The van der Waals surface area contributed by atoms with E-state index < -0.39 is 0 Å². The number of hydrogen-bond acceptors (Lipinski definition) is 6. The number of nitriles is 1. The normalized spacial score (nSPS) is 18.7. The number of aliphatic hydroxyl groups excluding tert-OH is 1. The molecular formula is C12H20N6O. The molecule has 1 fully saturated rings. The summed E-state index contributed by atoms with van der Waals surface area (Å²) in [4.78, 5) is 2.14. The van der Waals surface area contributed by atoms with Gasteiger partial charge in [0, 0.05) is 32.8 Å². The smallest absolute Gasteiger partial charge is 0.144 e. The molecule has 19 heavy (non-hydrogen) atoms. The minimum Gasteiger partial charge on any atom is -0.396 e. The van der Waals surface area contributed by atoms with Crippen LogP contribution in [0.2, 0.25) is 0 Å². The van der Waals surface area contributed by atoms with Crippen LogP contribution in [0.1, 0.15) is 24.6 Å². The van der Waals surface area contributed by atoms with Gasteiger partial charge in [-0.2, -0.15) is 5.26 Å². The number of rotatable bonds is 5. The van der Waals surface area contributed by atoms with Crippen molar-refractivity contribution in [2.75, 3.05) is 32.8 Å². The van der Waals surface area contributed by atoms with E-state index in [4.69, 9.17) is 5.11 Å². The van der Waals surface area contributed by atoms with E-state index in [-0.39, 0.29) is 12.6 Å². The SMILES string of the molecule is N#CC(c1cn(CCCO)nn1)N1CCCNCC1. The summed E-state index contributed by atoms with van der Waals surface area (Å²) in [6.07, 6.45) is 3.49. The summed E-state index contributed by atoms with van der Waals surface area (Å²) in [6.45, 7) is 4.41. The van der Waals surface area contributed by atoms with Crippen LogP contribution in [-0.4, -0.2) is 57.8 Å². The average Bonchev–Trinajstić information content (AvgIpc) is 2.72. The maximum atomic E-state index is 9.38. The van der Waals surface area contributed by atoms with Crippen LogP contribution in [0.25, 0.3) is 0 Å². The van der Waals surface area contributed by atoms with Crippen molar-refractivity contribution in [3.8, 4) is 6.07 Å². The maximum absolute atomic E-state index is 9.38. The van der Waals surface area contributed by atoms with Gasteiger partial charge in [-0.25, -0.2) is 0 Å². The Morgan fingerprint density at radius 3 is 3.16 bits per heavy atom. The number of aromatic nitrogens is 3. The van der Waals surface area contributed by atoms with E-state index in [2.05, 4.69) is 26.6 Å². The summed E-state index contributed by atoms with van der Waals surface area (Å²) < 4.78 is 1.69. The molecule has 1 saturated heterocycles. The van der Waals surface area contributed by atoms with Crippen LogP contribution >= 0.6 is 0 Å². The summed E-state index contributed by atoms with van der Waals surface area (Å²) in [5, 5.41) is 29.6. The van der Waals surface area contributed by atoms with Crippen LogP contribution in [0.5, 0.6) is 0 Å². The Balaban J connectivity index is 2.03. The van der Waals surface area contributed by atoms with Crippen LogP contribution in [0, 0.1) is 11.3 Å². The first kappa shape index (κ1) is 13.9. The highest BCUT2D eigenvalue weighted by atomic mass is 16.3. The summed E-state index contributed by atoms with van der Waals surface area (Å²) in [5.41, 5.74) is 0.697. The molecule has 1 atom stereocenters. The molecule has 2 rings (SSSR count). The van der Waals surface area contributed by atoms with Gasteiger partial charge in [-0.15, -0.1) is 5.10 Å². The Morgan fingerprint density at radius 1 is 1.47 bits per heavy atom. The third-order valence-electron chi connectivity index (χ3n) is 3.24. The quantitative estimate of drug-likeness (QED) is 0.746. The van der Waals surface area contributed by atoms with Gasteiger partial charge in [0.05, 0.1) is 12.3 Å². The first-order chi connectivity index (χ1) is 9.35. The summed E-state index contributed by atoms with van der Waals surface area (Å²) >= 11 is 0. The Morgan fingerprint density at radius 2 is 2.37 bits per heavy atom. The molecule has 7 heteroatoms. The van der Waals surface area contributed by atoms with E-state index in [0.29, 0.717) is 18.7 Å². The average molecular weight is 264 g/mol. The van der Waals surface area contributed by atoms with Crippen molar-refractivity contribution in [1.82, 2.24) is 25.2 Å². The predicted molar refractivity (Wildman–Crippen MR) is 69.1 cm³/mol. The van der Waals surface area contributed by atoms with E-state index in [9.17, 15) is 5.26 Å². The van der Waals surface area contributed by atoms with Crippen molar-refractivity contribution in [1.29, 1.82) is 5.26 Å². The summed E-state index contributed by atoms with van der Waals surface area (Å²) in [7, 11) is 0. The minimum atomic E-state index is -0.331. The summed E-state index contributed by atoms with van der Waals surface area (Å²) in [5.74, 6) is 0. The number of hydrogen-bond donors (Lipinski definition) is 2. The van der Waals surface area contributed by atoms with Crippen molar-refractivity contribution in [2.24, 2.45) is 0 Å². The zero-order valence-corrected chi connectivity index (χ0v) is 11.0. The van der Waals surface area contributed by atoms with Gasteiger partial charge in [-0.3, -0.25) is 9.58 Å². The third kappa shape index (κ3) is 3.73. The van der Waals surface area contributed by atoms with Gasteiger partial charge in [0.1, 0.15) is 11.7 Å². The first-order valence-corrected chi connectivity index (χ1v) is 6.70. The minimum absolute atomic E-state index is 0.134. The lowest BCUT2D eigenvalue weighted by atomic mass is 10.2. The second kappa shape index (κ2) is 7.19. The van der Waals surface area contributed by atoms with E-state index in [1.54, 1.807) is 4.68 Å². The number of aliphatic hydroxyl groups is 1. The molecule has 1 aliphatic heterocycles. The van der Waals surface area contributed by atoms with Crippen molar-refractivity contribution in [3.63, 3.8) is 0 Å². The van der Waals surface area contributed by atoms with E-state index in [0.717, 1.165) is 32.6 Å². The topological polar surface area (TPSA) is 90.0 Å². The zero-order chi connectivity index (χ0) is 13.5. The third-order valence-corrected chi connectivity index (χ3v) is 3.24. The molecule has 1 aromatic heterocycles. The Hall–Kier alpha value is -1.49. The lowest BCUT2D eigenvalue weighted by Crippen LogP contribution is -2.31. The van der Waals surface area contributed by atoms with Crippen molar-refractivity contribution < 1.29 is 5.11 Å². The van der Waals surface area contributed by atoms with Gasteiger partial charge in [0.2, 0.25) is 0 Å². The highest BCUT2D eigenvalue weighted by molar-refractivity contribution is 5.11. The molecule has 0 spiro atoms. The molecule has 104 valence electrons. The second-order valence-corrected chi connectivity index (χ2v) is 4.65. The Bertz CT molecular complexity index is 418. The zero-order valence-electron chi connectivity index (χ0n) is 11.0. The molecule has 7 nitrogen and oxygen atoms in total. The number of nitrogens with zero attached hydrogens (tertiary/aromatic N) is 5. The Labute approximate surface area is 112 Å². The van der Waals surface area contributed by atoms with Gasteiger partial charge in [-0.1, -0.05) is 5.21 Å². The molecule has 2 N–H and O–H groups in total. The lowest BCUT2D eigenvalue weighted by molar-refractivity contribution is 0.248. The molecule has 1 aliphatic rings. The molecule has 1 aromatic rings. The maximum Gasteiger partial charge on any atom is 0.144 e. The van der Waals surface area contributed by atoms with Crippen LogP contribution in [0.3, 0.4) is 0 Å². The lowest BCUT2D eigenvalue weighted by Gasteiger charge is -2.23. The second-order valence-electron chi connectivity index (χ2n) is 4.65. The summed E-state index contributed by atoms with van der Waals surface area (Å²) in [6, 6.07) is 1.99. The largest absolute Gasteiger partial charge is 0.396 e. The van der Waals surface area contributed by atoms with Crippen molar-refractivity contribution >= 4 is 0 Å². The molecule has 0 saturated carbocycles. The van der Waals surface area contributed by atoms with Gasteiger partial charge in [-0.05, 0) is 19.4 Å². The molecular weight excluding hydrogens is 244 g/mol. The highest BCUT2D eigenvalue weighted by Crippen LogP contribution is 2.18. The monoisotopic (exact) mass is 264 g/mol. The van der Waals surface area contributed by atoms with Crippen molar-refractivity contribution in [3.05, 3.63) is 11.9 Å². The molecule has 0 bridgehead atoms. The molecule has 2 heterocycles. The van der Waals surface area contributed by atoms with E-state index >= 15 is 0 Å². The molecule has 0 aromatic carbocycles. The molecule has 1 unspecified atom stereocenters. The van der Waals surface area contributed by atoms with Crippen molar-refractivity contribution in [2.45, 2.75) is 25.4 Å². The van der Waals surface area contributed by atoms with E-state index in [1.807, 2.05) is 6.20 Å². The van der Waals surface area contributed by atoms with Crippen LogP contribution in [0.15, 0.2) is 6.20 Å². The molecule has 0 aliphatic carbocycles. The van der Waals surface area contributed by atoms with Crippen LogP contribution in [-0.2, 0) is 6.54 Å². The van der Waals surface area contributed by atoms with Gasteiger partial charge in [0.25, 0.3) is 0 Å². The van der Waals surface area contributed by atoms with Gasteiger partial charge in [0.15, 0.2) is 0 Å². The van der Waals surface area contributed by atoms with E-state index in [1.165, 1.54) is 0 Å². The fourth-order valence-electron chi connectivity index (χ4n) is 2.24. The molecule has 0 radical (unpaired) electrons. The number of nitrogens with one attached hydrogen (secondary N) is 1. The predicted octanol–water partition coefficient (Wildman–Crippen LogP) is -0.480. The fraction of sp³-hybridized carbons (Fsp3) is 0.750. The van der Waals surface area contributed by atoms with Crippen LogP contribution in [0.4, 0.5) is 0 Å².